The number of anilines is 1. The third-order valence-electron chi connectivity index (χ3n) is 1.45. The van der Waals surface area contributed by atoms with Gasteiger partial charge in [-0.25, -0.2) is 9.37 Å². The van der Waals surface area contributed by atoms with Gasteiger partial charge in [0.25, 0.3) is 0 Å². The zero-order valence-electron chi connectivity index (χ0n) is 9.98. The Morgan fingerprint density at radius 2 is 1.57 bits per heavy atom. The van der Waals surface area contributed by atoms with Gasteiger partial charge in [0.2, 0.25) is 0 Å². The van der Waals surface area contributed by atoms with Crippen LogP contribution in [0.1, 0.15) is 39.0 Å². The molecule has 1 aromatic rings. The SMILES string of the molecule is CC.CC.Cc1cc(F)c(N)nc1C. The van der Waals surface area contributed by atoms with Crippen LogP contribution in [0.4, 0.5) is 10.2 Å². The molecular formula is C11H21FN2. The standard InChI is InChI=1S/C7H9FN2.2C2H6/c1-4-3-6(8)7(9)10-5(4)2;2*1-2/h3H,1-2H3,(H2,9,10);2*1-2H3. The second-order valence-electron chi connectivity index (χ2n) is 2.26. The van der Waals surface area contributed by atoms with Crippen molar-refractivity contribution in [1.82, 2.24) is 4.98 Å². The molecule has 82 valence electrons. The van der Waals surface area contributed by atoms with Crippen molar-refractivity contribution in [2.75, 3.05) is 5.73 Å². The van der Waals surface area contributed by atoms with E-state index in [1.165, 1.54) is 6.07 Å². The maximum Gasteiger partial charge on any atom is 0.165 e. The van der Waals surface area contributed by atoms with Gasteiger partial charge in [0, 0.05) is 5.69 Å². The molecule has 1 aromatic heterocycles. The van der Waals surface area contributed by atoms with E-state index in [9.17, 15) is 4.39 Å². The molecule has 3 heteroatoms. The van der Waals surface area contributed by atoms with Crippen LogP contribution in [-0.4, -0.2) is 4.98 Å². The molecule has 0 spiro atoms. The van der Waals surface area contributed by atoms with Crippen molar-refractivity contribution in [2.24, 2.45) is 0 Å². The van der Waals surface area contributed by atoms with Gasteiger partial charge in [0.05, 0.1) is 0 Å². The van der Waals surface area contributed by atoms with E-state index in [0.717, 1.165) is 11.3 Å². The summed E-state index contributed by atoms with van der Waals surface area (Å²) in [5, 5.41) is 0. The molecule has 0 unspecified atom stereocenters. The molecular weight excluding hydrogens is 179 g/mol. The van der Waals surface area contributed by atoms with Crippen molar-refractivity contribution >= 4 is 5.82 Å². The van der Waals surface area contributed by atoms with Gasteiger partial charge in [-0.05, 0) is 25.5 Å². The summed E-state index contributed by atoms with van der Waals surface area (Å²) in [4.78, 5) is 3.78. The summed E-state index contributed by atoms with van der Waals surface area (Å²) in [7, 11) is 0. The fraction of sp³-hybridized carbons (Fsp3) is 0.545. The highest BCUT2D eigenvalue weighted by Gasteiger charge is 2.01. The first kappa shape index (κ1) is 15.4. The summed E-state index contributed by atoms with van der Waals surface area (Å²) >= 11 is 0. The van der Waals surface area contributed by atoms with Crippen molar-refractivity contribution < 1.29 is 4.39 Å². The lowest BCUT2D eigenvalue weighted by Gasteiger charge is -2.00. The Bertz CT molecular complexity index is 209. The molecule has 0 radical (unpaired) electrons. The topological polar surface area (TPSA) is 38.9 Å². The number of aryl methyl sites for hydroxylation is 2. The number of hydrogen-bond donors (Lipinski definition) is 1. The van der Waals surface area contributed by atoms with E-state index in [1.807, 2.05) is 27.7 Å². The molecule has 0 saturated heterocycles. The molecule has 2 nitrogen and oxygen atoms in total. The minimum absolute atomic E-state index is 0.0249. The first-order valence-electron chi connectivity index (χ1n) is 5.00. The van der Waals surface area contributed by atoms with Crippen LogP contribution in [0.3, 0.4) is 0 Å². The van der Waals surface area contributed by atoms with Gasteiger partial charge in [-0.2, -0.15) is 0 Å². The first-order valence-corrected chi connectivity index (χ1v) is 5.00. The van der Waals surface area contributed by atoms with E-state index in [2.05, 4.69) is 4.98 Å². The van der Waals surface area contributed by atoms with Gasteiger partial charge in [-0.15, -0.1) is 0 Å². The molecule has 14 heavy (non-hydrogen) atoms. The van der Waals surface area contributed by atoms with Crippen LogP contribution in [0.25, 0.3) is 0 Å². The van der Waals surface area contributed by atoms with Gasteiger partial charge >= 0.3 is 0 Å². The molecule has 0 aliphatic rings. The second-order valence-corrected chi connectivity index (χ2v) is 2.26. The molecule has 0 bridgehead atoms. The fourth-order valence-electron chi connectivity index (χ4n) is 0.691. The third-order valence-corrected chi connectivity index (χ3v) is 1.45. The Morgan fingerprint density at radius 1 is 1.14 bits per heavy atom. The summed E-state index contributed by atoms with van der Waals surface area (Å²) in [5.74, 6) is -0.466. The first-order chi connectivity index (χ1) is 6.61. The fourth-order valence-corrected chi connectivity index (χ4v) is 0.691. The van der Waals surface area contributed by atoms with E-state index in [-0.39, 0.29) is 5.82 Å². The summed E-state index contributed by atoms with van der Waals surface area (Å²) in [6, 6.07) is 1.39. The van der Waals surface area contributed by atoms with Crippen molar-refractivity contribution in [3.63, 3.8) is 0 Å². The van der Waals surface area contributed by atoms with Crippen LogP contribution in [0.2, 0.25) is 0 Å². The lowest BCUT2D eigenvalue weighted by molar-refractivity contribution is 0.624. The third kappa shape index (κ3) is 4.80. The lowest BCUT2D eigenvalue weighted by atomic mass is 10.2. The summed E-state index contributed by atoms with van der Waals surface area (Å²) in [6.45, 7) is 11.6. The smallest absolute Gasteiger partial charge is 0.165 e. The Balaban J connectivity index is 0. The minimum atomic E-state index is -0.442. The summed E-state index contributed by atoms with van der Waals surface area (Å²) in [5.41, 5.74) is 6.81. The molecule has 0 aliphatic heterocycles. The number of nitrogens with two attached hydrogens (primary N) is 1. The van der Waals surface area contributed by atoms with Gasteiger partial charge in [-0.3, -0.25) is 0 Å². The Hall–Kier alpha value is -1.12. The Morgan fingerprint density at radius 3 is 1.93 bits per heavy atom. The quantitative estimate of drug-likeness (QED) is 0.696. The van der Waals surface area contributed by atoms with Crippen LogP contribution < -0.4 is 5.73 Å². The molecule has 2 N–H and O–H groups in total. The average Bonchev–Trinajstić information content (AvgIpc) is 2.21. The van der Waals surface area contributed by atoms with Crippen LogP contribution in [0.15, 0.2) is 6.07 Å². The predicted molar refractivity (Wildman–Crippen MR) is 60.8 cm³/mol. The molecule has 0 amide bonds. The minimum Gasteiger partial charge on any atom is -0.381 e. The average molecular weight is 200 g/mol. The monoisotopic (exact) mass is 200 g/mol. The highest BCUT2D eigenvalue weighted by molar-refractivity contribution is 5.34. The largest absolute Gasteiger partial charge is 0.381 e. The van der Waals surface area contributed by atoms with Crippen molar-refractivity contribution in [1.29, 1.82) is 0 Å². The molecule has 0 fully saturated rings. The number of nitrogens with zero attached hydrogens (tertiary/aromatic N) is 1. The molecule has 0 saturated carbocycles. The number of rotatable bonds is 0. The van der Waals surface area contributed by atoms with E-state index in [4.69, 9.17) is 5.73 Å². The van der Waals surface area contributed by atoms with Crippen LogP contribution >= 0.6 is 0 Å². The van der Waals surface area contributed by atoms with E-state index >= 15 is 0 Å². The lowest BCUT2D eigenvalue weighted by Crippen LogP contribution is -1.98. The van der Waals surface area contributed by atoms with Gasteiger partial charge in [0.1, 0.15) is 0 Å². The number of halogens is 1. The predicted octanol–water partition coefficient (Wildman–Crippen LogP) is 3.47. The van der Waals surface area contributed by atoms with Gasteiger partial charge in [-0.1, -0.05) is 27.7 Å². The Labute approximate surface area is 86.4 Å². The van der Waals surface area contributed by atoms with Crippen LogP contribution in [-0.2, 0) is 0 Å². The molecule has 0 atom stereocenters. The summed E-state index contributed by atoms with van der Waals surface area (Å²) < 4.78 is 12.6. The van der Waals surface area contributed by atoms with Crippen LogP contribution in [0, 0.1) is 19.7 Å². The molecule has 1 rings (SSSR count). The molecule has 0 aromatic carbocycles. The number of hydrogen-bond acceptors (Lipinski definition) is 2. The maximum absolute atomic E-state index is 12.6. The highest BCUT2D eigenvalue weighted by atomic mass is 19.1. The van der Waals surface area contributed by atoms with Crippen molar-refractivity contribution in [2.45, 2.75) is 41.5 Å². The van der Waals surface area contributed by atoms with Gasteiger partial charge in [0.15, 0.2) is 11.6 Å². The molecule has 1 heterocycles. The van der Waals surface area contributed by atoms with Crippen molar-refractivity contribution in [3.8, 4) is 0 Å². The zero-order valence-corrected chi connectivity index (χ0v) is 9.98. The Kier molecular flexibility index (Phi) is 9.30. The van der Waals surface area contributed by atoms with Crippen molar-refractivity contribution in [3.05, 3.63) is 23.1 Å². The number of aromatic nitrogens is 1. The van der Waals surface area contributed by atoms with Gasteiger partial charge < -0.3 is 5.73 Å². The number of nitrogen functional groups attached to an aromatic ring is 1. The number of pyridine rings is 1. The summed E-state index contributed by atoms with van der Waals surface area (Å²) in [6.07, 6.45) is 0. The highest BCUT2D eigenvalue weighted by Crippen LogP contribution is 2.10. The van der Waals surface area contributed by atoms with E-state index in [0.29, 0.717) is 0 Å². The van der Waals surface area contributed by atoms with Crippen LogP contribution in [0.5, 0.6) is 0 Å². The normalized spacial score (nSPS) is 7.93. The van der Waals surface area contributed by atoms with E-state index in [1.54, 1.807) is 13.8 Å². The maximum atomic E-state index is 12.6. The molecule has 0 aliphatic carbocycles. The second kappa shape index (κ2) is 8.48. The zero-order chi connectivity index (χ0) is 11.7. The van der Waals surface area contributed by atoms with E-state index < -0.39 is 5.82 Å².